The van der Waals surface area contributed by atoms with E-state index in [0.29, 0.717) is 27.8 Å². The molecule has 0 aliphatic rings. The molecule has 0 saturated carbocycles. The van der Waals surface area contributed by atoms with Gasteiger partial charge in [-0.2, -0.15) is 5.10 Å². The van der Waals surface area contributed by atoms with Crippen molar-refractivity contribution in [3.8, 4) is 0 Å². The smallest absolute Gasteiger partial charge is 0.255 e. The van der Waals surface area contributed by atoms with Crippen molar-refractivity contribution < 1.29 is 4.79 Å². The fourth-order valence-electron chi connectivity index (χ4n) is 2.63. The van der Waals surface area contributed by atoms with Gasteiger partial charge in [-0.05, 0) is 30.3 Å². The molecule has 8 heteroatoms. The molecule has 3 heterocycles. The molecule has 6 nitrogen and oxygen atoms in total. The Bertz CT molecular complexity index is 1050. The molecule has 0 aliphatic heterocycles. The van der Waals surface area contributed by atoms with Gasteiger partial charge in [-0.1, -0.05) is 29.3 Å². The summed E-state index contributed by atoms with van der Waals surface area (Å²) in [5.74, 6) is -0.304. The summed E-state index contributed by atoms with van der Waals surface area (Å²) in [5.41, 5.74) is 2.71. The van der Waals surface area contributed by atoms with Gasteiger partial charge in [0.1, 0.15) is 5.65 Å². The number of benzene rings is 1. The van der Waals surface area contributed by atoms with E-state index in [0.717, 1.165) is 11.3 Å². The van der Waals surface area contributed by atoms with E-state index < -0.39 is 0 Å². The Morgan fingerprint density at radius 2 is 1.92 bits per heavy atom. The number of carbonyl (C=O) groups excluding carboxylic acids is 1. The first-order valence-electron chi connectivity index (χ1n) is 7.79. The average Bonchev–Trinajstić information content (AvgIpc) is 3.20. The maximum Gasteiger partial charge on any atom is 0.255 e. The lowest BCUT2D eigenvalue weighted by Crippen LogP contribution is -2.11. The molecule has 0 radical (unpaired) electrons. The normalized spacial score (nSPS) is 11.0. The molecule has 0 spiro atoms. The highest BCUT2D eigenvalue weighted by Crippen LogP contribution is 2.20. The fourth-order valence-corrected chi connectivity index (χ4v) is 3.16. The first kappa shape index (κ1) is 16.6. The minimum atomic E-state index is -0.304. The zero-order valence-electron chi connectivity index (χ0n) is 13.4. The van der Waals surface area contributed by atoms with Crippen molar-refractivity contribution in [3.05, 3.63) is 82.5 Å². The number of anilines is 1. The second-order valence-corrected chi connectivity index (χ2v) is 6.61. The van der Waals surface area contributed by atoms with E-state index in [1.54, 1.807) is 35.3 Å². The van der Waals surface area contributed by atoms with Gasteiger partial charge in [0, 0.05) is 34.2 Å². The highest BCUT2D eigenvalue weighted by Gasteiger charge is 2.10. The minimum Gasteiger partial charge on any atom is -0.319 e. The van der Waals surface area contributed by atoms with Crippen LogP contribution in [0.25, 0.3) is 5.65 Å². The highest BCUT2D eigenvalue weighted by atomic mass is 35.5. The van der Waals surface area contributed by atoms with E-state index >= 15 is 0 Å². The lowest BCUT2D eigenvalue weighted by molar-refractivity contribution is 0.102. The van der Waals surface area contributed by atoms with Gasteiger partial charge in [-0.15, -0.1) is 0 Å². The Hall–Kier alpha value is -2.83. The molecule has 0 unspecified atom stereocenters. The summed E-state index contributed by atoms with van der Waals surface area (Å²) in [6.45, 7) is 0.501. The van der Waals surface area contributed by atoms with Crippen LogP contribution in [-0.4, -0.2) is 25.1 Å². The van der Waals surface area contributed by atoms with Crippen molar-refractivity contribution in [2.45, 2.75) is 6.54 Å². The zero-order valence-corrected chi connectivity index (χ0v) is 14.9. The molecule has 4 aromatic rings. The van der Waals surface area contributed by atoms with Gasteiger partial charge in [0.25, 0.3) is 5.91 Å². The van der Waals surface area contributed by atoms with Crippen LogP contribution in [0.3, 0.4) is 0 Å². The molecular formula is C18H13Cl2N5O. The van der Waals surface area contributed by atoms with Crippen LogP contribution >= 0.6 is 23.2 Å². The third kappa shape index (κ3) is 3.56. The van der Waals surface area contributed by atoms with Gasteiger partial charge >= 0.3 is 0 Å². The lowest BCUT2D eigenvalue weighted by Gasteiger charge is -2.03. The van der Waals surface area contributed by atoms with Crippen LogP contribution in [0.1, 0.15) is 16.1 Å². The molecule has 0 fully saturated rings. The summed E-state index contributed by atoms with van der Waals surface area (Å²) >= 11 is 11.9. The summed E-state index contributed by atoms with van der Waals surface area (Å²) < 4.78 is 3.66. The standard InChI is InChI=1S/C18H13Cl2N5O/c19-13-5-12(6-14(20)7-13)18(26)23-15-8-21-25(10-15)11-16-9-24-4-2-1-3-17(24)22-16/h1-10H,11H2,(H,23,26). The number of hydrogen-bond acceptors (Lipinski definition) is 3. The van der Waals surface area contributed by atoms with Crippen LogP contribution < -0.4 is 5.32 Å². The molecule has 0 saturated heterocycles. The van der Waals surface area contributed by atoms with Crippen LogP contribution in [0.5, 0.6) is 0 Å². The highest BCUT2D eigenvalue weighted by molar-refractivity contribution is 6.35. The molecule has 1 N–H and O–H groups in total. The number of nitrogens with zero attached hydrogens (tertiary/aromatic N) is 4. The molecule has 1 amide bonds. The third-order valence-electron chi connectivity index (χ3n) is 3.75. The number of nitrogens with one attached hydrogen (secondary N) is 1. The molecule has 3 aromatic heterocycles. The Morgan fingerprint density at radius 1 is 1.12 bits per heavy atom. The van der Waals surface area contributed by atoms with Crippen molar-refractivity contribution in [2.75, 3.05) is 5.32 Å². The quantitative estimate of drug-likeness (QED) is 0.574. The number of fused-ring (bicyclic) bond motifs is 1. The number of hydrogen-bond donors (Lipinski definition) is 1. The average molecular weight is 386 g/mol. The van der Waals surface area contributed by atoms with Crippen molar-refractivity contribution in [3.63, 3.8) is 0 Å². The fraction of sp³-hybridized carbons (Fsp3) is 0.0556. The summed E-state index contributed by atoms with van der Waals surface area (Å²) in [4.78, 5) is 16.9. The summed E-state index contributed by atoms with van der Waals surface area (Å²) in [6.07, 6.45) is 7.22. The predicted molar refractivity (Wildman–Crippen MR) is 101 cm³/mol. The molecule has 4 rings (SSSR count). The summed E-state index contributed by atoms with van der Waals surface area (Å²) in [7, 11) is 0. The number of amides is 1. The zero-order chi connectivity index (χ0) is 18.1. The Kier molecular flexibility index (Phi) is 4.36. The van der Waals surface area contributed by atoms with Crippen LogP contribution in [-0.2, 0) is 6.54 Å². The number of carbonyl (C=O) groups is 1. The molecular weight excluding hydrogens is 373 g/mol. The molecule has 0 atom stereocenters. The molecule has 1 aromatic carbocycles. The van der Waals surface area contributed by atoms with Gasteiger partial charge in [0.15, 0.2) is 0 Å². The van der Waals surface area contributed by atoms with E-state index in [2.05, 4.69) is 15.4 Å². The van der Waals surface area contributed by atoms with Crippen LogP contribution in [0.4, 0.5) is 5.69 Å². The van der Waals surface area contributed by atoms with Gasteiger partial charge in [0.05, 0.1) is 24.1 Å². The Morgan fingerprint density at radius 3 is 2.69 bits per heavy atom. The lowest BCUT2D eigenvalue weighted by atomic mass is 10.2. The van der Waals surface area contributed by atoms with Crippen molar-refractivity contribution in [1.29, 1.82) is 0 Å². The molecule has 26 heavy (non-hydrogen) atoms. The first-order chi connectivity index (χ1) is 12.6. The van der Waals surface area contributed by atoms with Crippen LogP contribution in [0.2, 0.25) is 10.0 Å². The van der Waals surface area contributed by atoms with Crippen molar-refractivity contribution >= 4 is 40.4 Å². The van der Waals surface area contributed by atoms with Gasteiger partial charge < -0.3 is 9.72 Å². The van der Waals surface area contributed by atoms with E-state index in [1.807, 2.05) is 35.0 Å². The number of halogens is 2. The van der Waals surface area contributed by atoms with E-state index in [4.69, 9.17) is 23.2 Å². The predicted octanol–water partition coefficient (Wildman–Crippen LogP) is 4.14. The Labute approximate surface area is 159 Å². The van der Waals surface area contributed by atoms with Crippen LogP contribution in [0, 0.1) is 0 Å². The van der Waals surface area contributed by atoms with Gasteiger partial charge in [-0.3, -0.25) is 9.48 Å². The minimum absolute atomic E-state index is 0.304. The van der Waals surface area contributed by atoms with Crippen molar-refractivity contribution in [2.24, 2.45) is 0 Å². The maximum absolute atomic E-state index is 12.3. The van der Waals surface area contributed by atoms with Crippen molar-refractivity contribution in [1.82, 2.24) is 19.2 Å². The summed E-state index contributed by atoms with van der Waals surface area (Å²) in [6, 6.07) is 10.5. The van der Waals surface area contributed by atoms with E-state index in [-0.39, 0.29) is 5.91 Å². The second kappa shape index (κ2) is 6.82. The number of pyridine rings is 1. The Balaban J connectivity index is 1.48. The number of imidazole rings is 1. The monoisotopic (exact) mass is 385 g/mol. The molecule has 0 aliphatic carbocycles. The van der Waals surface area contributed by atoms with E-state index in [9.17, 15) is 4.79 Å². The topological polar surface area (TPSA) is 64.2 Å². The second-order valence-electron chi connectivity index (χ2n) is 5.74. The number of rotatable bonds is 4. The largest absolute Gasteiger partial charge is 0.319 e. The van der Waals surface area contributed by atoms with E-state index in [1.165, 1.54) is 0 Å². The molecule has 130 valence electrons. The SMILES string of the molecule is O=C(Nc1cnn(Cc2cn3ccccc3n2)c1)c1cc(Cl)cc(Cl)c1. The first-order valence-corrected chi connectivity index (χ1v) is 8.55. The maximum atomic E-state index is 12.3. The molecule has 0 bridgehead atoms. The van der Waals surface area contributed by atoms with Crippen LogP contribution in [0.15, 0.2) is 61.2 Å². The number of aromatic nitrogens is 4. The summed E-state index contributed by atoms with van der Waals surface area (Å²) in [5, 5.41) is 7.86. The van der Waals surface area contributed by atoms with Gasteiger partial charge in [0.2, 0.25) is 0 Å². The third-order valence-corrected chi connectivity index (χ3v) is 4.19. The van der Waals surface area contributed by atoms with Gasteiger partial charge in [-0.25, -0.2) is 4.98 Å².